The number of quaternary nitrogens is 1. The maximum Gasteiger partial charge on any atom is 2.00 e. The van der Waals surface area contributed by atoms with Gasteiger partial charge in [-0.25, -0.2) is 0 Å². The molecule has 1 nitrogen and oxygen atoms in total. The van der Waals surface area contributed by atoms with Crippen molar-refractivity contribution in [3.05, 3.63) is 86.4 Å². The first-order chi connectivity index (χ1) is 22.5. The molecule has 48 heavy (non-hydrogen) atoms. The summed E-state index contributed by atoms with van der Waals surface area (Å²) >= 11 is 47.9. The number of rotatable bonds is 14. The average Bonchev–Trinajstić information content (AvgIpc) is 3.82. The molecular weight excluding hydrogens is 893 g/mol. The fourth-order valence-electron chi connectivity index (χ4n) is 5.01. The van der Waals surface area contributed by atoms with Gasteiger partial charge in [0.05, 0.1) is 76.9 Å². The maximum absolute atomic E-state index is 6.12. The van der Waals surface area contributed by atoms with Crippen LogP contribution in [0.25, 0.3) is 0 Å². The predicted octanol–water partition coefficient (Wildman–Crippen LogP) is 17.5. The molecule has 14 heteroatoms. The van der Waals surface area contributed by atoms with Gasteiger partial charge in [0.1, 0.15) is 0 Å². The van der Waals surface area contributed by atoms with Gasteiger partial charge in [-0.15, -0.1) is 0 Å². The monoisotopic (exact) mass is 932 g/mol. The van der Waals surface area contributed by atoms with Crippen molar-refractivity contribution >= 4 is 136 Å². The zero-order chi connectivity index (χ0) is 35.0. The van der Waals surface area contributed by atoms with E-state index in [1.54, 1.807) is 55.3 Å². The first kappa shape index (κ1) is 48.1. The Labute approximate surface area is 355 Å². The van der Waals surface area contributed by atoms with Crippen LogP contribution < -0.4 is 0 Å². The van der Waals surface area contributed by atoms with Gasteiger partial charge < -0.3 is 4.48 Å². The first-order valence-corrected chi connectivity index (χ1v) is 23.5. The number of nitrogens with zero attached hydrogens (tertiary/aromatic N) is 1. The van der Waals surface area contributed by atoms with Crippen LogP contribution >= 0.6 is 136 Å². The molecule has 0 saturated carbocycles. The zero-order valence-electron chi connectivity index (χ0n) is 27.5. The van der Waals surface area contributed by atoms with Crippen LogP contribution in [0, 0.1) is 0 Å². The van der Waals surface area contributed by atoms with Gasteiger partial charge in [0.2, 0.25) is 0 Å². The third-order valence-corrected chi connectivity index (χ3v) is 15.9. The maximum atomic E-state index is 6.12. The van der Waals surface area contributed by atoms with Crippen LogP contribution in [-0.2, 0) is 16.5 Å². The molecular formula is C34H44Cl8NNiS4+3. The summed E-state index contributed by atoms with van der Waals surface area (Å²) < 4.78 is 1.42. The molecule has 0 aliphatic carbocycles. The van der Waals surface area contributed by atoms with E-state index in [1.807, 2.05) is 10.8 Å². The Morgan fingerprint density at radius 1 is 0.500 bits per heavy atom. The minimum absolute atomic E-state index is 0. The summed E-state index contributed by atoms with van der Waals surface area (Å²) in [4.78, 5) is 0. The molecule has 2 aliphatic heterocycles. The van der Waals surface area contributed by atoms with E-state index in [9.17, 15) is 0 Å². The summed E-state index contributed by atoms with van der Waals surface area (Å²) in [5.74, 6) is 0. The molecule has 4 rings (SSSR count). The van der Waals surface area contributed by atoms with Crippen molar-refractivity contribution in [2.75, 3.05) is 26.2 Å². The van der Waals surface area contributed by atoms with Gasteiger partial charge in [0.25, 0.3) is 0 Å². The number of halogens is 8. The van der Waals surface area contributed by atoms with Gasteiger partial charge in [-0.2, -0.15) is 0 Å². The fraction of sp³-hybridized carbons (Fsp3) is 0.529. The molecule has 0 fully saturated rings. The third kappa shape index (κ3) is 15.1. The van der Waals surface area contributed by atoms with Crippen LogP contribution in [0.4, 0.5) is 0 Å². The molecule has 2 aromatic carbocycles. The Kier molecular flexibility index (Phi) is 26.1. The largest absolute Gasteiger partial charge is 2.00 e. The number of unbranched alkanes of at least 4 members (excludes halogenated alkanes) is 4. The smallest absolute Gasteiger partial charge is 0.324 e. The van der Waals surface area contributed by atoms with Crippen LogP contribution in [0.3, 0.4) is 0 Å². The second kappa shape index (κ2) is 26.0. The molecule has 0 radical (unpaired) electrons. The fourth-order valence-corrected chi connectivity index (χ4v) is 11.4. The van der Waals surface area contributed by atoms with Crippen molar-refractivity contribution in [3.8, 4) is 0 Å². The third-order valence-electron chi connectivity index (χ3n) is 7.75. The number of benzene rings is 2. The molecule has 2 unspecified atom stereocenters. The van der Waals surface area contributed by atoms with E-state index in [1.165, 1.54) is 82.0 Å². The van der Waals surface area contributed by atoms with Crippen LogP contribution in [-0.4, -0.2) is 30.7 Å². The summed E-state index contributed by atoms with van der Waals surface area (Å²) in [6, 6.07) is 3.54. The normalized spacial score (nSPS) is 16.7. The molecule has 0 saturated heterocycles. The van der Waals surface area contributed by atoms with Crippen molar-refractivity contribution in [1.29, 1.82) is 0 Å². The van der Waals surface area contributed by atoms with Crippen molar-refractivity contribution in [1.82, 2.24) is 0 Å². The Morgan fingerprint density at radius 2 is 0.812 bits per heavy atom. The van der Waals surface area contributed by atoms with Gasteiger partial charge in [-0.1, -0.05) is 202 Å². The standard InChI is InChI=1S/C16H36N.2C9H4Cl4S2.Ni/c1-5-9-13-17(14-10-6-2,15-11-7-3)16-12-8-4;2*10-5-3-4(6-1-2-14-15-6)7(11)9(13)8(5)12;/h5-16H2,1-4H3;2*1-3,6H;/q+1;;;+2. The Morgan fingerprint density at radius 3 is 1.06 bits per heavy atom. The van der Waals surface area contributed by atoms with Gasteiger partial charge in [-0.3, -0.25) is 0 Å². The van der Waals surface area contributed by atoms with Gasteiger partial charge >= 0.3 is 16.5 Å². The molecule has 272 valence electrons. The Balaban J connectivity index is 0.000000357. The summed E-state index contributed by atoms with van der Waals surface area (Å²) in [6.07, 6.45) is 15.2. The summed E-state index contributed by atoms with van der Waals surface area (Å²) in [7, 11) is 6.71. The minimum Gasteiger partial charge on any atom is -0.324 e. The molecule has 2 heterocycles. The molecule has 0 aromatic heterocycles. The summed E-state index contributed by atoms with van der Waals surface area (Å²) in [5, 5.41) is 7.52. The van der Waals surface area contributed by atoms with E-state index in [0.29, 0.717) is 40.2 Å². The average molecular weight is 937 g/mol. The molecule has 0 N–H and O–H groups in total. The van der Waals surface area contributed by atoms with E-state index < -0.39 is 0 Å². The van der Waals surface area contributed by atoms with E-state index >= 15 is 0 Å². The van der Waals surface area contributed by atoms with E-state index in [4.69, 9.17) is 92.8 Å². The van der Waals surface area contributed by atoms with E-state index in [2.05, 4.69) is 39.8 Å². The quantitative estimate of drug-likeness (QED) is 0.0608. The Bertz CT molecular complexity index is 1210. The number of hydrogen-bond donors (Lipinski definition) is 0. The van der Waals surface area contributed by atoms with Crippen LogP contribution in [0.2, 0.25) is 40.2 Å². The summed E-state index contributed by atoms with van der Waals surface area (Å²) in [5.41, 5.74) is 1.81. The van der Waals surface area contributed by atoms with Gasteiger partial charge in [0, 0.05) is 0 Å². The van der Waals surface area contributed by atoms with Crippen molar-refractivity contribution < 1.29 is 21.0 Å². The molecule has 2 atom stereocenters. The second-order valence-electron chi connectivity index (χ2n) is 11.3. The topological polar surface area (TPSA) is 0 Å². The second-order valence-corrected chi connectivity index (χ2v) is 19.0. The first-order valence-electron chi connectivity index (χ1n) is 15.9. The SMILES string of the molecule is CCCC[N+](CCCC)(CCCC)CCCC.Clc1cc(C2C=CSS2)c(Cl)c(Cl)c1Cl.Clc1cc(C2C=CSS2)c(Cl)c(Cl)c1Cl.[Ni+2]. The molecule has 0 bridgehead atoms. The van der Waals surface area contributed by atoms with Crippen molar-refractivity contribution in [2.45, 2.75) is 89.6 Å². The van der Waals surface area contributed by atoms with Crippen LogP contribution in [0.1, 0.15) is 101 Å². The molecule has 0 spiro atoms. The molecule has 2 aliphatic rings. The van der Waals surface area contributed by atoms with Gasteiger partial charge in [-0.05, 0) is 59.8 Å². The van der Waals surface area contributed by atoms with Crippen molar-refractivity contribution in [3.63, 3.8) is 0 Å². The molecule has 2 aromatic rings. The predicted molar refractivity (Wildman–Crippen MR) is 226 cm³/mol. The van der Waals surface area contributed by atoms with Gasteiger partial charge in [0.15, 0.2) is 0 Å². The Hall–Kier alpha value is 2.09. The van der Waals surface area contributed by atoms with Crippen LogP contribution in [0.5, 0.6) is 0 Å². The van der Waals surface area contributed by atoms with Crippen LogP contribution in [0.15, 0.2) is 35.1 Å². The minimum atomic E-state index is 0. The summed E-state index contributed by atoms with van der Waals surface area (Å²) in [6.45, 7) is 15.0. The van der Waals surface area contributed by atoms with E-state index in [0.717, 1.165) is 11.1 Å². The van der Waals surface area contributed by atoms with Crippen molar-refractivity contribution in [2.24, 2.45) is 0 Å². The zero-order valence-corrected chi connectivity index (χ0v) is 37.8. The molecule has 0 amide bonds. The number of hydrogen-bond acceptors (Lipinski definition) is 4. The van der Waals surface area contributed by atoms with E-state index in [-0.39, 0.29) is 27.0 Å².